The number of rotatable bonds is 7. The number of nitrogens with one attached hydrogen (secondary N) is 1. The molecule has 2 heterocycles. The first-order valence-corrected chi connectivity index (χ1v) is 11.6. The van der Waals surface area contributed by atoms with E-state index >= 15 is 0 Å². The standard InChI is InChI=1S/C28H33N3O2/c1-16(2)21-12-11-18(5)26(13-21)32-15-23-19(6)29-25(14-27(23)33-17(3)4)22-9-8-10-24-28(22)20(7)30-31-24/h8-14,16-17H,15H2,1-7H3,(H,30,31). The summed E-state index contributed by atoms with van der Waals surface area (Å²) in [5.41, 5.74) is 8.14. The van der Waals surface area contributed by atoms with Crippen molar-refractivity contribution in [2.45, 2.75) is 67.1 Å². The van der Waals surface area contributed by atoms with E-state index in [1.54, 1.807) is 0 Å². The number of hydrogen-bond donors (Lipinski definition) is 1. The van der Waals surface area contributed by atoms with Crippen LogP contribution in [0.4, 0.5) is 0 Å². The lowest BCUT2D eigenvalue weighted by Gasteiger charge is -2.19. The lowest BCUT2D eigenvalue weighted by Crippen LogP contribution is -2.11. The van der Waals surface area contributed by atoms with Gasteiger partial charge in [-0.2, -0.15) is 5.10 Å². The molecule has 172 valence electrons. The third-order valence-electron chi connectivity index (χ3n) is 5.95. The summed E-state index contributed by atoms with van der Waals surface area (Å²) in [6, 6.07) is 14.6. The van der Waals surface area contributed by atoms with Gasteiger partial charge < -0.3 is 9.47 Å². The zero-order chi connectivity index (χ0) is 23.7. The number of aromatic nitrogens is 3. The number of nitrogens with zero attached hydrogens (tertiary/aromatic N) is 2. The van der Waals surface area contributed by atoms with Crippen molar-refractivity contribution >= 4 is 10.9 Å². The molecule has 0 spiro atoms. The van der Waals surface area contributed by atoms with Crippen molar-refractivity contribution in [1.29, 1.82) is 0 Å². The molecule has 0 aliphatic carbocycles. The molecule has 0 amide bonds. The molecule has 0 atom stereocenters. The van der Waals surface area contributed by atoms with Crippen LogP contribution in [0.2, 0.25) is 0 Å². The molecular formula is C28H33N3O2. The Labute approximate surface area is 196 Å². The van der Waals surface area contributed by atoms with Crippen LogP contribution in [0, 0.1) is 20.8 Å². The van der Waals surface area contributed by atoms with E-state index in [0.717, 1.165) is 56.2 Å². The Morgan fingerprint density at radius 3 is 2.42 bits per heavy atom. The summed E-state index contributed by atoms with van der Waals surface area (Å²) in [5, 5.41) is 8.57. The van der Waals surface area contributed by atoms with Gasteiger partial charge in [-0.3, -0.25) is 10.1 Å². The van der Waals surface area contributed by atoms with Crippen LogP contribution in [-0.4, -0.2) is 21.3 Å². The smallest absolute Gasteiger partial charge is 0.130 e. The fraction of sp³-hybridized carbons (Fsp3) is 0.357. The molecule has 2 aromatic heterocycles. The Hall–Kier alpha value is -3.34. The van der Waals surface area contributed by atoms with Crippen LogP contribution < -0.4 is 9.47 Å². The Balaban J connectivity index is 1.74. The van der Waals surface area contributed by atoms with Crippen molar-refractivity contribution in [2.75, 3.05) is 0 Å². The topological polar surface area (TPSA) is 60.0 Å². The van der Waals surface area contributed by atoms with Crippen LogP contribution in [0.3, 0.4) is 0 Å². The predicted molar refractivity (Wildman–Crippen MR) is 134 cm³/mol. The molecule has 0 fully saturated rings. The normalized spacial score (nSPS) is 11.5. The van der Waals surface area contributed by atoms with Gasteiger partial charge in [0.25, 0.3) is 0 Å². The largest absolute Gasteiger partial charge is 0.490 e. The van der Waals surface area contributed by atoms with E-state index < -0.39 is 0 Å². The molecule has 33 heavy (non-hydrogen) atoms. The molecule has 1 N–H and O–H groups in total. The van der Waals surface area contributed by atoms with Crippen LogP contribution in [-0.2, 0) is 6.61 Å². The number of fused-ring (bicyclic) bond motifs is 1. The average molecular weight is 444 g/mol. The Bertz CT molecular complexity index is 1290. The van der Waals surface area contributed by atoms with Crippen LogP contribution in [0.5, 0.6) is 11.5 Å². The Kier molecular flexibility index (Phi) is 6.41. The minimum absolute atomic E-state index is 0.0378. The van der Waals surface area contributed by atoms with Crippen LogP contribution in [0.15, 0.2) is 42.5 Å². The lowest BCUT2D eigenvalue weighted by molar-refractivity contribution is 0.229. The summed E-state index contributed by atoms with van der Waals surface area (Å²) >= 11 is 0. The van der Waals surface area contributed by atoms with E-state index in [9.17, 15) is 0 Å². The van der Waals surface area contributed by atoms with Gasteiger partial charge in [0.1, 0.15) is 18.1 Å². The van der Waals surface area contributed by atoms with Crippen LogP contribution in [0.1, 0.15) is 61.7 Å². The summed E-state index contributed by atoms with van der Waals surface area (Å²) < 4.78 is 12.6. The highest BCUT2D eigenvalue weighted by molar-refractivity contribution is 5.95. The maximum absolute atomic E-state index is 6.30. The quantitative estimate of drug-likeness (QED) is 0.333. The summed E-state index contributed by atoms with van der Waals surface area (Å²) in [4.78, 5) is 4.96. The molecule has 0 saturated carbocycles. The Morgan fingerprint density at radius 2 is 1.70 bits per heavy atom. The molecule has 2 aromatic carbocycles. The van der Waals surface area contributed by atoms with Crippen molar-refractivity contribution in [3.8, 4) is 22.8 Å². The first-order chi connectivity index (χ1) is 15.7. The second kappa shape index (κ2) is 9.26. The van der Waals surface area contributed by atoms with E-state index in [1.165, 1.54) is 5.56 Å². The van der Waals surface area contributed by atoms with Crippen molar-refractivity contribution in [3.63, 3.8) is 0 Å². The Morgan fingerprint density at radius 1 is 0.909 bits per heavy atom. The third kappa shape index (κ3) is 4.72. The second-order valence-electron chi connectivity index (χ2n) is 9.24. The van der Waals surface area contributed by atoms with Crippen LogP contribution >= 0.6 is 0 Å². The number of H-pyrrole nitrogens is 1. The third-order valence-corrected chi connectivity index (χ3v) is 5.95. The summed E-state index contributed by atoms with van der Waals surface area (Å²) in [7, 11) is 0. The average Bonchev–Trinajstić information content (AvgIpc) is 3.14. The summed E-state index contributed by atoms with van der Waals surface area (Å²) in [6.45, 7) is 15.0. The van der Waals surface area contributed by atoms with E-state index in [0.29, 0.717) is 12.5 Å². The van der Waals surface area contributed by atoms with Gasteiger partial charge in [-0.05, 0) is 63.8 Å². The maximum Gasteiger partial charge on any atom is 0.130 e. The number of pyridine rings is 1. The number of aryl methyl sites for hydroxylation is 3. The molecule has 4 aromatic rings. The molecule has 0 aliphatic rings. The van der Waals surface area contributed by atoms with Gasteiger partial charge in [0.05, 0.1) is 28.6 Å². The van der Waals surface area contributed by atoms with Gasteiger partial charge in [-0.25, -0.2) is 0 Å². The monoisotopic (exact) mass is 443 g/mol. The van der Waals surface area contributed by atoms with E-state index in [-0.39, 0.29) is 6.10 Å². The van der Waals surface area contributed by atoms with Gasteiger partial charge in [0.2, 0.25) is 0 Å². The molecule has 5 heteroatoms. The molecule has 0 unspecified atom stereocenters. The van der Waals surface area contributed by atoms with Gasteiger partial charge in [-0.15, -0.1) is 0 Å². The number of hydrogen-bond acceptors (Lipinski definition) is 4. The highest BCUT2D eigenvalue weighted by atomic mass is 16.5. The summed E-state index contributed by atoms with van der Waals surface area (Å²) in [5.74, 6) is 2.16. The molecule has 5 nitrogen and oxygen atoms in total. The number of aromatic amines is 1. The highest BCUT2D eigenvalue weighted by Gasteiger charge is 2.18. The van der Waals surface area contributed by atoms with Crippen LogP contribution in [0.25, 0.3) is 22.2 Å². The van der Waals surface area contributed by atoms with Crippen molar-refractivity contribution in [3.05, 3.63) is 70.5 Å². The first kappa shape index (κ1) is 22.8. The minimum atomic E-state index is 0.0378. The molecule has 4 rings (SSSR count). The lowest BCUT2D eigenvalue weighted by atomic mass is 10.0. The van der Waals surface area contributed by atoms with Crippen molar-refractivity contribution < 1.29 is 9.47 Å². The highest BCUT2D eigenvalue weighted by Crippen LogP contribution is 2.34. The molecule has 0 radical (unpaired) electrons. The molecule has 0 bridgehead atoms. The first-order valence-electron chi connectivity index (χ1n) is 11.6. The fourth-order valence-electron chi connectivity index (χ4n) is 4.07. The van der Waals surface area contributed by atoms with Crippen molar-refractivity contribution in [1.82, 2.24) is 15.2 Å². The zero-order valence-corrected chi connectivity index (χ0v) is 20.6. The second-order valence-corrected chi connectivity index (χ2v) is 9.24. The minimum Gasteiger partial charge on any atom is -0.490 e. The van der Waals surface area contributed by atoms with Crippen molar-refractivity contribution in [2.24, 2.45) is 0 Å². The van der Waals surface area contributed by atoms with E-state index in [4.69, 9.17) is 14.5 Å². The van der Waals surface area contributed by atoms with Gasteiger partial charge >= 0.3 is 0 Å². The summed E-state index contributed by atoms with van der Waals surface area (Å²) in [6.07, 6.45) is 0.0378. The maximum atomic E-state index is 6.30. The zero-order valence-electron chi connectivity index (χ0n) is 20.6. The van der Waals surface area contributed by atoms with E-state index in [1.807, 2.05) is 45.9 Å². The number of ether oxygens (including phenoxy) is 2. The number of benzene rings is 2. The van der Waals surface area contributed by atoms with E-state index in [2.05, 4.69) is 55.2 Å². The SMILES string of the molecule is Cc1ccc(C(C)C)cc1OCc1c(OC(C)C)cc(-c2cccc3[nH]nc(C)c23)nc1C. The fourth-order valence-corrected chi connectivity index (χ4v) is 4.07. The molecule has 0 aliphatic heterocycles. The predicted octanol–water partition coefficient (Wildman–Crippen LogP) is 7.04. The molecular weight excluding hydrogens is 410 g/mol. The van der Waals surface area contributed by atoms with Gasteiger partial charge in [0, 0.05) is 22.7 Å². The van der Waals surface area contributed by atoms with Gasteiger partial charge in [-0.1, -0.05) is 38.1 Å². The van der Waals surface area contributed by atoms with Gasteiger partial charge in [0.15, 0.2) is 0 Å². The molecule has 0 saturated heterocycles.